The van der Waals surface area contributed by atoms with Gasteiger partial charge >= 0.3 is 135 Å². The summed E-state index contributed by atoms with van der Waals surface area (Å²) in [4.78, 5) is 12.5. The van der Waals surface area contributed by atoms with Gasteiger partial charge < -0.3 is 0 Å². The van der Waals surface area contributed by atoms with Crippen LogP contribution in [-0.4, -0.2) is 6.03 Å². The van der Waals surface area contributed by atoms with Crippen LogP contribution in [0.5, 0.6) is 0 Å². The molecule has 3 aromatic carbocycles. The van der Waals surface area contributed by atoms with Crippen molar-refractivity contribution in [3.63, 3.8) is 0 Å². The fourth-order valence-electron chi connectivity index (χ4n) is 2.79. The zero-order valence-corrected chi connectivity index (χ0v) is 13.6. The molecule has 0 fully saturated rings. The van der Waals surface area contributed by atoms with Crippen LogP contribution in [0.2, 0.25) is 0 Å². The van der Waals surface area contributed by atoms with E-state index in [0.717, 1.165) is 21.9 Å². The van der Waals surface area contributed by atoms with Crippen LogP contribution >= 0.6 is 17.2 Å². The van der Waals surface area contributed by atoms with E-state index >= 15 is 0 Å². The van der Waals surface area contributed by atoms with Gasteiger partial charge in [-0.3, -0.25) is 0 Å². The van der Waals surface area contributed by atoms with E-state index in [-0.39, 0.29) is 0 Å². The van der Waals surface area contributed by atoms with Gasteiger partial charge in [0.2, 0.25) is 0 Å². The third kappa shape index (κ3) is 2.09. The monoisotopic (exact) mass is 326 g/mol. The van der Waals surface area contributed by atoms with Gasteiger partial charge in [0, 0.05) is 0 Å². The molecule has 0 aliphatic rings. The van der Waals surface area contributed by atoms with Crippen molar-refractivity contribution in [2.45, 2.75) is 0 Å². The van der Waals surface area contributed by atoms with Crippen molar-refractivity contribution >= 4 is 39.1 Å². The first kappa shape index (κ1) is 15.0. The first-order valence-corrected chi connectivity index (χ1v) is 10.3. The summed E-state index contributed by atoms with van der Waals surface area (Å²) < 4.78 is 0. The fraction of sp³-hybridized carbons (Fsp3) is 0. The van der Waals surface area contributed by atoms with Crippen LogP contribution in [0.15, 0.2) is 91.0 Å². The number of halogens is 1. The summed E-state index contributed by atoms with van der Waals surface area (Å²) in [5, 5.41) is 2.59. The first-order chi connectivity index (χ1) is 10.7. The number of carbonyl (C=O) groups is 1. The van der Waals surface area contributed by atoms with Gasteiger partial charge in [0.15, 0.2) is 0 Å². The molecule has 0 saturated carbocycles. The third-order valence-electron chi connectivity index (χ3n) is 3.98. The van der Waals surface area contributed by atoms with Crippen LogP contribution in [0.4, 0.5) is 0 Å². The molecular formula is C19H16ClOP. The summed E-state index contributed by atoms with van der Waals surface area (Å²) >= 11 is 7.32. The number of hydrogen-bond acceptors (Lipinski definition) is 1. The van der Waals surface area contributed by atoms with E-state index in [2.05, 4.69) is 0 Å². The SMILES string of the molecule is O=CP(Cl)(c1ccccc1)(c1ccccc1)c1ccccc1. The molecule has 0 aromatic heterocycles. The molecule has 0 atom stereocenters. The molecule has 0 radical (unpaired) electrons. The van der Waals surface area contributed by atoms with Crippen molar-refractivity contribution < 1.29 is 4.79 Å². The Labute approximate surface area is 135 Å². The molecule has 0 aliphatic carbocycles. The van der Waals surface area contributed by atoms with Gasteiger partial charge in [0.1, 0.15) is 0 Å². The normalized spacial score (nSPS) is 13.0. The molecule has 0 N–H and O–H groups in total. The summed E-state index contributed by atoms with van der Waals surface area (Å²) in [7, 11) is 0. The van der Waals surface area contributed by atoms with E-state index in [1.807, 2.05) is 91.0 Å². The molecule has 3 rings (SSSR count). The molecule has 110 valence electrons. The Bertz CT molecular complexity index is 673. The maximum atomic E-state index is 12.5. The van der Waals surface area contributed by atoms with Gasteiger partial charge in [-0.15, -0.1) is 0 Å². The van der Waals surface area contributed by atoms with E-state index in [1.54, 1.807) is 0 Å². The van der Waals surface area contributed by atoms with Crippen LogP contribution < -0.4 is 15.9 Å². The molecule has 3 heteroatoms. The molecule has 0 aliphatic heterocycles. The zero-order chi connectivity index (χ0) is 15.5. The number of hydrogen-bond donors (Lipinski definition) is 0. The molecule has 0 unspecified atom stereocenters. The van der Waals surface area contributed by atoms with Gasteiger partial charge in [0.05, 0.1) is 0 Å². The summed E-state index contributed by atoms with van der Waals surface area (Å²) in [6, 6.07) is 30.0. The topological polar surface area (TPSA) is 17.1 Å². The first-order valence-electron chi connectivity index (χ1n) is 7.07. The Kier molecular flexibility index (Phi) is 3.87. The predicted molar refractivity (Wildman–Crippen MR) is 97.8 cm³/mol. The van der Waals surface area contributed by atoms with Crippen LogP contribution in [0.1, 0.15) is 0 Å². The minimum atomic E-state index is -3.61. The average Bonchev–Trinajstić information content (AvgIpc) is 2.63. The van der Waals surface area contributed by atoms with E-state index in [1.165, 1.54) is 0 Å². The van der Waals surface area contributed by atoms with Crippen LogP contribution in [0.25, 0.3) is 0 Å². The van der Waals surface area contributed by atoms with Crippen molar-refractivity contribution in [3.8, 4) is 0 Å². The van der Waals surface area contributed by atoms with E-state index < -0.39 is 5.96 Å². The zero-order valence-electron chi connectivity index (χ0n) is 12.0. The average molecular weight is 327 g/mol. The summed E-state index contributed by atoms with van der Waals surface area (Å²) in [5.41, 5.74) is 0. The molecule has 0 spiro atoms. The second kappa shape index (κ2) is 5.68. The molecule has 0 amide bonds. The van der Waals surface area contributed by atoms with Crippen LogP contribution in [-0.2, 0) is 4.79 Å². The van der Waals surface area contributed by atoms with Gasteiger partial charge in [0.25, 0.3) is 0 Å². The molecular weight excluding hydrogens is 311 g/mol. The van der Waals surface area contributed by atoms with Gasteiger partial charge in [-0.2, -0.15) is 0 Å². The number of carbonyl (C=O) groups excluding carboxylic acids is 1. The number of benzene rings is 3. The third-order valence-corrected chi connectivity index (χ3v) is 10.3. The molecule has 0 saturated heterocycles. The fourth-order valence-corrected chi connectivity index (χ4v) is 7.33. The van der Waals surface area contributed by atoms with E-state index in [9.17, 15) is 4.79 Å². The van der Waals surface area contributed by atoms with Crippen molar-refractivity contribution in [1.82, 2.24) is 0 Å². The Morgan fingerprint density at radius 2 is 0.864 bits per heavy atom. The summed E-state index contributed by atoms with van der Waals surface area (Å²) in [6.45, 7) is 0. The second-order valence-corrected chi connectivity index (χ2v) is 11.2. The standard InChI is InChI=1S/C19H16ClOP/c20-22(16-21,17-10-4-1-5-11-17,18-12-6-2-7-13-18)19-14-8-3-9-15-19/h1-16H. The van der Waals surface area contributed by atoms with Crippen molar-refractivity contribution in [1.29, 1.82) is 0 Å². The van der Waals surface area contributed by atoms with Gasteiger partial charge in [-0.05, 0) is 0 Å². The Morgan fingerprint density at radius 3 is 1.09 bits per heavy atom. The Morgan fingerprint density at radius 1 is 0.591 bits per heavy atom. The molecule has 0 heterocycles. The summed E-state index contributed by atoms with van der Waals surface area (Å²) in [6.07, 6.45) is 0. The van der Waals surface area contributed by atoms with Crippen molar-refractivity contribution in [3.05, 3.63) is 91.0 Å². The van der Waals surface area contributed by atoms with E-state index in [0.29, 0.717) is 0 Å². The second-order valence-electron chi connectivity index (χ2n) is 5.19. The Balaban J connectivity index is 2.44. The van der Waals surface area contributed by atoms with Gasteiger partial charge in [-0.1, -0.05) is 0 Å². The van der Waals surface area contributed by atoms with Crippen LogP contribution in [0, 0.1) is 0 Å². The molecule has 22 heavy (non-hydrogen) atoms. The van der Waals surface area contributed by atoms with E-state index in [4.69, 9.17) is 11.2 Å². The Hall–Kier alpha value is -1.95. The molecule has 0 bridgehead atoms. The van der Waals surface area contributed by atoms with Crippen LogP contribution in [0.3, 0.4) is 0 Å². The molecule has 1 nitrogen and oxygen atoms in total. The maximum absolute atomic E-state index is 12.5. The van der Waals surface area contributed by atoms with Crippen molar-refractivity contribution in [2.75, 3.05) is 0 Å². The minimum absolute atomic E-state index is 0.863. The molecule has 3 aromatic rings. The quantitative estimate of drug-likeness (QED) is 0.525. The van der Waals surface area contributed by atoms with Crippen molar-refractivity contribution in [2.24, 2.45) is 0 Å². The number of rotatable bonds is 4. The summed E-state index contributed by atoms with van der Waals surface area (Å²) in [5.74, 6) is -3.61. The predicted octanol–water partition coefficient (Wildman–Crippen LogP) is 3.86. The van der Waals surface area contributed by atoms with Gasteiger partial charge in [-0.25, -0.2) is 0 Å².